The first-order chi connectivity index (χ1) is 12.1. The number of hydrogen-bond acceptors (Lipinski definition) is 4. The van der Waals surface area contributed by atoms with Crippen LogP contribution in [0.2, 0.25) is 0 Å². The summed E-state index contributed by atoms with van der Waals surface area (Å²) >= 11 is 0. The predicted molar refractivity (Wildman–Crippen MR) is 94.4 cm³/mol. The van der Waals surface area contributed by atoms with Crippen molar-refractivity contribution < 1.29 is 13.9 Å². The number of rotatable bonds is 5. The molecule has 1 N–H and O–H groups in total. The molecule has 7 heteroatoms. The summed E-state index contributed by atoms with van der Waals surface area (Å²) in [5.41, 5.74) is 0.898. The highest BCUT2D eigenvalue weighted by atomic mass is 16.5. The number of carbonyl (C=O) groups excluding carboxylic acids is 1. The fourth-order valence-electron chi connectivity index (χ4n) is 3.29. The van der Waals surface area contributed by atoms with E-state index in [1.807, 2.05) is 30.1 Å². The monoisotopic (exact) mass is 346 g/mol. The minimum absolute atomic E-state index is 0.0278. The number of likely N-dealkylation sites (tertiary alicyclic amines) is 1. The highest BCUT2D eigenvalue weighted by Crippen LogP contribution is 2.34. The lowest BCUT2D eigenvalue weighted by Gasteiger charge is -2.37. The largest absolute Gasteiger partial charge is 0.467 e. The zero-order valence-electron chi connectivity index (χ0n) is 15.1. The molecule has 2 aromatic rings. The third-order valence-electron chi connectivity index (χ3n) is 4.72. The Bertz CT molecular complexity index is 695. The normalized spacial score (nSPS) is 20.7. The van der Waals surface area contributed by atoms with E-state index in [4.69, 9.17) is 9.15 Å². The molecule has 25 heavy (non-hydrogen) atoms. The summed E-state index contributed by atoms with van der Waals surface area (Å²) in [6.45, 7) is 3.54. The summed E-state index contributed by atoms with van der Waals surface area (Å²) in [5, 5.41) is 7.40. The first kappa shape index (κ1) is 17.5. The molecule has 2 atom stereocenters. The molecule has 0 spiro atoms. The van der Waals surface area contributed by atoms with Crippen LogP contribution in [0.5, 0.6) is 0 Å². The van der Waals surface area contributed by atoms with E-state index in [1.165, 1.54) is 0 Å². The third-order valence-corrected chi connectivity index (χ3v) is 4.72. The lowest BCUT2D eigenvalue weighted by Crippen LogP contribution is -2.43. The van der Waals surface area contributed by atoms with Crippen molar-refractivity contribution >= 4 is 11.8 Å². The molecule has 7 nitrogen and oxygen atoms in total. The van der Waals surface area contributed by atoms with E-state index in [2.05, 4.69) is 17.3 Å². The molecule has 0 aliphatic carbocycles. The molecular formula is C18H26N4O3. The number of amides is 2. The van der Waals surface area contributed by atoms with Crippen molar-refractivity contribution in [2.24, 2.45) is 13.0 Å². The van der Waals surface area contributed by atoms with Gasteiger partial charge in [-0.2, -0.15) is 5.10 Å². The molecule has 2 aromatic heterocycles. The Kier molecular flexibility index (Phi) is 5.43. The van der Waals surface area contributed by atoms with E-state index in [1.54, 1.807) is 18.1 Å². The standard InChI is InChI=1S/C18H26N4O3/c1-13-6-8-22(15(11-13)16-5-4-9-25-16)18(23)19-17-12-14(7-10-24-3)20-21(17)2/h4-5,9,12-13,15H,6-8,10-11H2,1-3H3,(H,19,23)/t13-,15-/m0/s1. The van der Waals surface area contributed by atoms with Crippen LogP contribution in [0.4, 0.5) is 10.6 Å². The number of carbonyl (C=O) groups is 1. The Hall–Kier alpha value is -2.28. The van der Waals surface area contributed by atoms with Gasteiger partial charge in [0.2, 0.25) is 0 Å². The predicted octanol–water partition coefficient (Wildman–Crippen LogP) is 3.21. The number of urea groups is 1. The molecular weight excluding hydrogens is 320 g/mol. The molecule has 1 aliphatic heterocycles. The van der Waals surface area contributed by atoms with Gasteiger partial charge in [-0.25, -0.2) is 4.79 Å². The Morgan fingerprint density at radius 3 is 3.08 bits per heavy atom. The fourth-order valence-corrected chi connectivity index (χ4v) is 3.29. The van der Waals surface area contributed by atoms with Crippen LogP contribution >= 0.6 is 0 Å². The van der Waals surface area contributed by atoms with E-state index in [9.17, 15) is 4.79 Å². The number of hydrogen-bond donors (Lipinski definition) is 1. The third kappa shape index (κ3) is 4.04. The maximum absolute atomic E-state index is 12.9. The van der Waals surface area contributed by atoms with E-state index in [0.717, 1.165) is 30.7 Å². The summed E-state index contributed by atoms with van der Waals surface area (Å²) in [6, 6.07) is 5.56. The number of aryl methyl sites for hydroxylation is 1. The molecule has 3 heterocycles. The molecule has 3 rings (SSSR count). The lowest BCUT2D eigenvalue weighted by atomic mass is 9.91. The van der Waals surface area contributed by atoms with Crippen LogP contribution in [0.25, 0.3) is 0 Å². The summed E-state index contributed by atoms with van der Waals surface area (Å²) in [5.74, 6) is 2.09. The Morgan fingerprint density at radius 2 is 2.36 bits per heavy atom. The Balaban J connectivity index is 1.72. The topological polar surface area (TPSA) is 72.5 Å². The first-order valence-electron chi connectivity index (χ1n) is 8.71. The Labute approximate surface area is 147 Å². The number of anilines is 1. The number of aromatic nitrogens is 2. The van der Waals surface area contributed by atoms with Crippen LogP contribution in [0, 0.1) is 5.92 Å². The van der Waals surface area contributed by atoms with E-state index in [-0.39, 0.29) is 12.1 Å². The van der Waals surface area contributed by atoms with Crippen molar-refractivity contribution in [3.05, 3.63) is 35.9 Å². The van der Waals surface area contributed by atoms with Crippen molar-refractivity contribution in [3.63, 3.8) is 0 Å². The zero-order valence-corrected chi connectivity index (χ0v) is 15.1. The van der Waals surface area contributed by atoms with Gasteiger partial charge in [-0.05, 0) is 30.9 Å². The average Bonchev–Trinajstić information content (AvgIpc) is 3.23. The maximum atomic E-state index is 12.9. The van der Waals surface area contributed by atoms with Gasteiger partial charge in [0.25, 0.3) is 0 Å². The molecule has 0 bridgehead atoms. The van der Waals surface area contributed by atoms with Gasteiger partial charge in [0, 0.05) is 33.2 Å². The van der Waals surface area contributed by atoms with E-state index in [0.29, 0.717) is 24.9 Å². The number of piperidine rings is 1. The second kappa shape index (κ2) is 7.74. The van der Waals surface area contributed by atoms with Crippen molar-refractivity contribution in [2.75, 3.05) is 25.6 Å². The molecule has 136 valence electrons. The van der Waals surface area contributed by atoms with Gasteiger partial charge in [0.1, 0.15) is 11.6 Å². The van der Waals surface area contributed by atoms with E-state index >= 15 is 0 Å². The van der Waals surface area contributed by atoms with Crippen LogP contribution in [0.15, 0.2) is 28.9 Å². The van der Waals surface area contributed by atoms with Crippen molar-refractivity contribution in [2.45, 2.75) is 32.2 Å². The van der Waals surface area contributed by atoms with Crippen LogP contribution < -0.4 is 5.32 Å². The number of methoxy groups -OCH3 is 1. The smallest absolute Gasteiger partial charge is 0.323 e. The highest BCUT2D eigenvalue weighted by molar-refractivity contribution is 5.88. The summed E-state index contributed by atoms with van der Waals surface area (Å²) in [4.78, 5) is 14.7. The molecule has 1 fully saturated rings. The van der Waals surface area contributed by atoms with Crippen molar-refractivity contribution in [3.8, 4) is 0 Å². The average molecular weight is 346 g/mol. The van der Waals surface area contributed by atoms with Crippen LogP contribution in [0.3, 0.4) is 0 Å². The van der Waals surface area contributed by atoms with Gasteiger partial charge in [-0.15, -0.1) is 0 Å². The number of furan rings is 1. The van der Waals surface area contributed by atoms with Gasteiger partial charge in [-0.3, -0.25) is 10.00 Å². The van der Waals surface area contributed by atoms with Gasteiger partial charge in [-0.1, -0.05) is 6.92 Å². The summed E-state index contributed by atoms with van der Waals surface area (Å²) < 4.78 is 12.3. The maximum Gasteiger partial charge on any atom is 0.323 e. The molecule has 0 radical (unpaired) electrons. The number of nitrogens with zero attached hydrogens (tertiary/aromatic N) is 3. The van der Waals surface area contributed by atoms with Crippen LogP contribution in [0.1, 0.15) is 37.3 Å². The minimum Gasteiger partial charge on any atom is -0.467 e. The SMILES string of the molecule is COCCc1cc(NC(=O)N2CC[C@H](C)C[C@H]2c2ccco2)n(C)n1. The zero-order chi connectivity index (χ0) is 17.8. The number of ether oxygens (including phenoxy) is 1. The lowest BCUT2D eigenvalue weighted by molar-refractivity contribution is 0.129. The quantitative estimate of drug-likeness (QED) is 0.902. The van der Waals surface area contributed by atoms with Crippen LogP contribution in [-0.2, 0) is 18.2 Å². The summed E-state index contributed by atoms with van der Waals surface area (Å²) in [6.07, 6.45) is 4.28. The Morgan fingerprint density at radius 1 is 1.52 bits per heavy atom. The van der Waals surface area contributed by atoms with Gasteiger partial charge in [0.15, 0.2) is 0 Å². The van der Waals surface area contributed by atoms with Gasteiger partial charge in [0.05, 0.1) is 24.6 Å². The molecule has 1 saturated heterocycles. The molecule has 0 unspecified atom stereocenters. The highest BCUT2D eigenvalue weighted by Gasteiger charge is 2.33. The van der Waals surface area contributed by atoms with Gasteiger partial charge < -0.3 is 14.1 Å². The fraction of sp³-hybridized carbons (Fsp3) is 0.556. The van der Waals surface area contributed by atoms with Crippen LogP contribution in [-0.4, -0.2) is 41.0 Å². The first-order valence-corrected chi connectivity index (χ1v) is 8.71. The number of nitrogens with one attached hydrogen (secondary N) is 1. The van der Waals surface area contributed by atoms with E-state index < -0.39 is 0 Å². The molecule has 0 saturated carbocycles. The summed E-state index contributed by atoms with van der Waals surface area (Å²) in [7, 11) is 3.49. The van der Waals surface area contributed by atoms with Crippen molar-refractivity contribution in [1.29, 1.82) is 0 Å². The minimum atomic E-state index is -0.116. The molecule has 0 aromatic carbocycles. The molecule has 1 aliphatic rings. The van der Waals surface area contributed by atoms with Gasteiger partial charge >= 0.3 is 6.03 Å². The second-order valence-corrected chi connectivity index (χ2v) is 6.67. The molecule has 2 amide bonds. The van der Waals surface area contributed by atoms with Crippen molar-refractivity contribution in [1.82, 2.24) is 14.7 Å². The second-order valence-electron chi connectivity index (χ2n) is 6.67.